The van der Waals surface area contributed by atoms with Crippen LogP contribution in [0.2, 0.25) is 5.02 Å². The van der Waals surface area contributed by atoms with Crippen LogP contribution >= 0.6 is 11.6 Å². The molecule has 0 bridgehead atoms. The Hall–Kier alpha value is -2.06. The smallest absolute Gasteiger partial charge is 0.216 e. The molecule has 3 heteroatoms. The highest BCUT2D eigenvalue weighted by atomic mass is 35.5. The van der Waals surface area contributed by atoms with E-state index in [-0.39, 0.29) is 0 Å². The van der Waals surface area contributed by atoms with Crippen LogP contribution in [0.3, 0.4) is 0 Å². The molecule has 0 spiro atoms. The molecule has 2 aromatic carbocycles. The Labute approximate surface area is 117 Å². The van der Waals surface area contributed by atoms with Gasteiger partial charge in [-0.15, -0.1) is 0 Å². The Morgan fingerprint density at radius 1 is 1.05 bits per heavy atom. The van der Waals surface area contributed by atoms with Gasteiger partial charge in [0.25, 0.3) is 0 Å². The summed E-state index contributed by atoms with van der Waals surface area (Å²) in [7, 11) is 0. The number of hydrogen-bond donors (Lipinski definition) is 0. The van der Waals surface area contributed by atoms with Gasteiger partial charge >= 0.3 is 0 Å². The first-order chi connectivity index (χ1) is 9.16. The van der Waals surface area contributed by atoms with Crippen LogP contribution in [0, 0.1) is 5.21 Å². The maximum atomic E-state index is 12.1. The molecular weight excluding hydrogens is 258 g/mol. The van der Waals surface area contributed by atoms with E-state index in [4.69, 9.17) is 11.6 Å². The van der Waals surface area contributed by atoms with Crippen LogP contribution < -0.4 is 0 Å². The molecule has 0 heterocycles. The van der Waals surface area contributed by atoms with E-state index in [0.717, 1.165) is 10.3 Å². The molecule has 0 radical (unpaired) electrons. The summed E-state index contributed by atoms with van der Waals surface area (Å²) in [6.07, 6.45) is 3.72. The zero-order valence-corrected chi connectivity index (χ0v) is 11.3. The van der Waals surface area contributed by atoms with Crippen molar-refractivity contribution in [2.45, 2.75) is 6.92 Å². The second-order valence-electron chi connectivity index (χ2n) is 4.16. The van der Waals surface area contributed by atoms with E-state index in [1.807, 2.05) is 36.4 Å². The monoisotopic (exact) mass is 271 g/mol. The first-order valence-electron chi connectivity index (χ1n) is 5.96. The van der Waals surface area contributed by atoms with Crippen LogP contribution in [-0.4, -0.2) is 10.5 Å². The number of benzene rings is 2. The van der Waals surface area contributed by atoms with Gasteiger partial charge < -0.3 is 5.21 Å². The largest absolute Gasteiger partial charge is 0.618 e. The predicted molar refractivity (Wildman–Crippen MR) is 80.9 cm³/mol. The second kappa shape index (κ2) is 6.21. The van der Waals surface area contributed by atoms with Crippen molar-refractivity contribution in [3.05, 3.63) is 76.5 Å². The highest BCUT2D eigenvalue weighted by Gasteiger charge is 2.04. The van der Waals surface area contributed by atoms with Crippen LogP contribution in [0.1, 0.15) is 12.5 Å². The molecule has 0 fully saturated rings. The molecule has 2 rings (SSSR count). The van der Waals surface area contributed by atoms with Crippen LogP contribution in [0.5, 0.6) is 0 Å². The molecule has 0 aliphatic rings. The zero-order chi connectivity index (χ0) is 13.7. The lowest BCUT2D eigenvalue weighted by Gasteiger charge is -2.04. The molecule has 0 N–H and O–H groups in total. The van der Waals surface area contributed by atoms with Gasteiger partial charge in [-0.05, 0) is 23.8 Å². The minimum atomic E-state index is 0.569. The van der Waals surface area contributed by atoms with Crippen molar-refractivity contribution in [1.29, 1.82) is 0 Å². The van der Waals surface area contributed by atoms with E-state index in [1.54, 1.807) is 37.3 Å². The Kier molecular flexibility index (Phi) is 4.37. The van der Waals surface area contributed by atoms with Crippen LogP contribution in [0.15, 0.2) is 60.7 Å². The third-order valence-corrected chi connectivity index (χ3v) is 2.95. The lowest BCUT2D eigenvalue weighted by atomic mass is 10.2. The number of rotatable bonds is 3. The molecule has 0 atom stereocenters. The lowest BCUT2D eigenvalue weighted by Crippen LogP contribution is -2.04. The Morgan fingerprint density at radius 2 is 1.68 bits per heavy atom. The summed E-state index contributed by atoms with van der Waals surface area (Å²) >= 11 is 5.80. The number of nitrogens with zero attached hydrogens (tertiary/aromatic N) is 1. The molecule has 0 saturated carbocycles. The summed E-state index contributed by atoms with van der Waals surface area (Å²) < 4.78 is 0.885. The molecular formula is C16H14ClNO. The second-order valence-corrected chi connectivity index (χ2v) is 4.59. The van der Waals surface area contributed by atoms with Crippen molar-refractivity contribution in [2.24, 2.45) is 0 Å². The number of halogens is 1. The molecule has 0 unspecified atom stereocenters. The van der Waals surface area contributed by atoms with Gasteiger partial charge in [-0.3, -0.25) is 0 Å². The third kappa shape index (κ3) is 3.70. The van der Waals surface area contributed by atoms with Gasteiger partial charge in [-0.25, -0.2) is 0 Å². The van der Waals surface area contributed by atoms with Gasteiger partial charge in [-0.1, -0.05) is 41.9 Å². The van der Waals surface area contributed by atoms with Crippen LogP contribution in [0.4, 0.5) is 5.69 Å². The standard InChI is InChI=1S/C16H14ClNO/c1-13(7-8-14-5-3-2-4-6-14)18(19)16-11-9-15(17)10-12-16/h2-12H,1H3/b8-7+,18-13-. The fourth-order valence-electron chi connectivity index (χ4n) is 1.63. The minimum absolute atomic E-state index is 0.569. The molecule has 96 valence electrons. The van der Waals surface area contributed by atoms with Gasteiger partial charge in [0.15, 0.2) is 5.71 Å². The molecule has 0 saturated heterocycles. The molecule has 19 heavy (non-hydrogen) atoms. The first kappa shape index (κ1) is 13.4. The average Bonchev–Trinajstić information content (AvgIpc) is 2.46. The summed E-state index contributed by atoms with van der Waals surface area (Å²) in [5, 5.41) is 12.7. The quantitative estimate of drug-likeness (QED) is 0.345. The maximum absolute atomic E-state index is 12.1. The number of allylic oxidation sites excluding steroid dienone is 1. The summed E-state index contributed by atoms with van der Waals surface area (Å²) in [6.45, 7) is 1.78. The molecule has 2 nitrogen and oxygen atoms in total. The van der Waals surface area contributed by atoms with Crippen molar-refractivity contribution in [1.82, 2.24) is 0 Å². The van der Waals surface area contributed by atoms with Gasteiger partial charge in [0.2, 0.25) is 5.69 Å². The van der Waals surface area contributed by atoms with Crippen molar-refractivity contribution < 1.29 is 4.74 Å². The topological polar surface area (TPSA) is 26.1 Å². The van der Waals surface area contributed by atoms with Crippen molar-refractivity contribution in [3.63, 3.8) is 0 Å². The van der Waals surface area contributed by atoms with E-state index < -0.39 is 0 Å². The minimum Gasteiger partial charge on any atom is -0.618 e. The van der Waals surface area contributed by atoms with Crippen molar-refractivity contribution >= 4 is 29.1 Å². The Morgan fingerprint density at radius 3 is 2.32 bits per heavy atom. The van der Waals surface area contributed by atoms with E-state index in [2.05, 4.69) is 0 Å². The summed E-state index contributed by atoms with van der Waals surface area (Å²) in [6, 6.07) is 16.7. The fraction of sp³-hybridized carbons (Fsp3) is 0.0625. The van der Waals surface area contributed by atoms with Gasteiger partial charge in [-0.2, -0.15) is 4.74 Å². The molecule has 0 amide bonds. The van der Waals surface area contributed by atoms with Gasteiger partial charge in [0, 0.05) is 30.2 Å². The Balaban J connectivity index is 2.22. The van der Waals surface area contributed by atoms with Crippen LogP contribution in [0.25, 0.3) is 6.08 Å². The van der Waals surface area contributed by atoms with Gasteiger partial charge in [0.05, 0.1) is 0 Å². The summed E-state index contributed by atoms with van der Waals surface area (Å²) in [5.74, 6) is 0. The lowest BCUT2D eigenvalue weighted by molar-refractivity contribution is -0.360. The van der Waals surface area contributed by atoms with Crippen LogP contribution in [-0.2, 0) is 0 Å². The summed E-state index contributed by atoms with van der Waals surface area (Å²) in [4.78, 5) is 0. The molecule has 0 aliphatic heterocycles. The normalized spacial score (nSPS) is 12.5. The summed E-state index contributed by atoms with van der Waals surface area (Å²) in [5.41, 5.74) is 2.25. The molecule has 0 aliphatic carbocycles. The van der Waals surface area contributed by atoms with Crippen molar-refractivity contribution in [2.75, 3.05) is 0 Å². The molecule has 2 aromatic rings. The molecule has 0 aromatic heterocycles. The fourth-order valence-corrected chi connectivity index (χ4v) is 1.75. The van der Waals surface area contributed by atoms with E-state index >= 15 is 0 Å². The predicted octanol–water partition coefficient (Wildman–Crippen LogP) is 4.66. The average molecular weight is 272 g/mol. The maximum Gasteiger partial charge on any atom is 0.216 e. The highest BCUT2D eigenvalue weighted by molar-refractivity contribution is 6.30. The Bertz CT molecular complexity index is 600. The zero-order valence-electron chi connectivity index (χ0n) is 10.6. The number of hydrogen-bond acceptors (Lipinski definition) is 1. The van der Waals surface area contributed by atoms with Gasteiger partial charge in [0.1, 0.15) is 0 Å². The first-order valence-corrected chi connectivity index (χ1v) is 6.34. The van der Waals surface area contributed by atoms with E-state index in [1.165, 1.54) is 0 Å². The highest BCUT2D eigenvalue weighted by Crippen LogP contribution is 2.16. The SMILES string of the molecule is CC(/C=C/c1ccccc1)=[N+](/[O-])c1ccc(Cl)cc1. The van der Waals surface area contributed by atoms with E-state index in [0.29, 0.717) is 16.4 Å². The van der Waals surface area contributed by atoms with E-state index in [9.17, 15) is 5.21 Å². The third-order valence-electron chi connectivity index (χ3n) is 2.70. The van der Waals surface area contributed by atoms with Crippen molar-refractivity contribution in [3.8, 4) is 0 Å².